The number of nitrogens with zero attached hydrogens (tertiary/aromatic N) is 5. The molecule has 0 radical (unpaired) electrons. The third kappa shape index (κ3) is 4.75. The Kier molecular flexibility index (Phi) is 7.49. The zero-order valence-electron chi connectivity index (χ0n) is 15.7. The van der Waals surface area contributed by atoms with Crippen molar-refractivity contribution in [3.05, 3.63) is 28.2 Å². The SMILES string of the molecule is COCCCn1c(SCc2nnsc2Cl)nnc1-c1ccc(OC)c(OC)c1. The molecule has 11 heteroatoms. The number of hydrogen-bond donors (Lipinski definition) is 0. The highest BCUT2D eigenvalue weighted by Gasteiger charge is 2.17. The maximum Gasteiger partial charge on any atom is 0.191 e. The standard InChI is InChI=1S/C17H20ClN5O3S2/c1-24-8-4-7-23-16(11-5-6-13(25-2)14(9-11)26-3)20-21-17(23)27-10-12-15(18)28-22-19-12/h5-6,9H,4,7-8,10H2,1-3H3. The largest absolute Gasteiger partial charge is 0.493 e. The van der Waals surface area contributed by atoms with Crippen LogP contribution in [0.25, 0.3) is 11.4 Å². The first-order valence-electron chi connectivity index (χ1n) is 8.42. The van der Waals surface area contributed by atoms with Gasteiger partial charge >= 0.3 is 0 Å². The van der Waals surface area contributed by atoms with Crippen LogP contribution in [0.4, 0.5) is 0 Å². The molecule has 0 bridgehead atoms. The molecule has 0 unspecified atom stereocenters. The predicted molar refractivity (Wildman–Crippen MR) is 110 cm³/mol. The van der Waals surface area contributed by atoms with Gasteiger partial charge in [0.15, 0.2) is 22.5 Å². The normalized spacial score (nSPS) is 11.0. The van der Waals surface area contributed by atoms with E-state index in [9.17, 15) is 0 Å². The number of hydrogen-bond acceptors (Lipinski definition) is 9. The highest BCUT2D eigenvalue weighted by Crippen LogP contribution is 2.34. The van der Waals surface area contributed by atoms with Crippen LogP contribution in [0.5, 0.6) is 11.5 Å². The van der Waals surface area contributed by atoms with Crippen LogP contribution in [0.1, 0.15) is 12.1 Å². The molecule has 0 N–H and O–H groups in total. The third-order valence-electron chi connectivity index (χ3n) is 3.94. The van der Waals surface area contributed by atoms with Crippen molar-refractivity contribution in [2.75, 3.05) is 27.9 Å². The molecule has 0 spiro atoms. The van der Waals surface area contributed by atoms with Crippen LogP contribution < -0.4 is 9.47 Å². The number of rotatable bonds is 10. The molecule has 28 heavy (non-hydrogen) atoms. The highest BCUT2D eigenvalue weighted by molar-refractivity contribution is 7.98. The quantitative estimate of drug-likeness (QED) is 0.347. The van der Waals surface area contributed by atoms with Gasteiger partial charge in [0.2, 0.25) is 0 Å². The second-order valence-electron chi connectivity index (χ2n) is 5.66. The summed E-state index contributed by atoms with van der Waals surface area (Å²) in [7, 11) is 4.91. The average molecular weight is 442 g/mol. The molecule has 0 aliphatic rings. The van der Waals surface area contributed by atoms with Crippen molar-refractivity contribution in [3.8, 4) is 22.9 Å². The van der Waals surface area contributed by atoms with Crippen LogP contribution in [0.3, 0.4) is 0 Å². The number of aromatic nitrogens is 5. The van der Waals surface area contributed by atoms with E-state index < -0.39 is 0 Å². The summed E-state index contributed by atoms with van der Waals surface area (Å²) in [4.78, 5) is 0. The van der Waals surface area contributed by atoms with Crippen LogP contribution in [0.15, 0.2) is 23.4 Å². The summed E-state index contributed by atoms with van der Waals surface area (Å²) in [6, 6.07) is 5.69. The maximum atomic E-state index is 6.11. The minimum atomic E-state index is 0.573. The number of thioether (sulfide) groups is 1. The fourth-order valence-corrected chi connectivity index (χ4v) is 4.27. The zero-order chi connectivity index (χ0) is 19.9. The monoisotopic (exact) mass is 441 g/mol. The maximum absolute atomic E-state index is 6.11. The molecule has 3 aromatic rings. The van der Waals surface area contributed by atoms with Gasteiger partial charge in [-0.25, -0.2) is 0 Å². The molecule has 1 aromatic carbocycles. The molecule has 0 saturated heterocycles. The molecule has 150 valence electrons. The van der Waals surface area contributed by atoms with Crippen molar-refractivity contribution < 1.29 is 14.2 Å². The summed E-state index contributed by atoms with van der Waals surface area (Å²) in [5.41, 5.74) is 1.64. The van der Waals surface area contributed by atoms with Gasteiger partial charge in [0, 0.05) is 43.1 Å². The lowest BCUT2D eigenvalue weighted by molar-refractivity contribution is 0.189. The van der Waals surface area contributed by atoms with E-state index in [0.29, 0.717) is 28.2 Å². The summed E-state index contributed by atoms with van der Waals surface area (Å²) in [6.45, 7) is 1.37. The zero-order valence-corrected chi connectivity index (χ0v) is 18.1. The molecular formula is C17H20ClN5O3S2. The lowest BCUT2D eigenvalue weighted by atomic mass is 10.2. The van der Waals surface area contributed by atoms with E-state index in [1.807, 2.05) is 18.2 Å². The molecule has 3 rings (SSSR count). The van der Waals surface area contributed by atoms with Gasteiger partial charge in [-0.15, -0.1) is 15.3 Å². The molecule has 8 nitrogen and oxygen atoms in total. The van der Waals surface area contributed by atoms with E-state index in [0.717, 1.165) is 35.2 Å². The summed E-state index contributed by atoms with van der Waals surface area (Å²) < 4.78 is 22.5. The van der Waals surface area contributed by atoms with Crippen LogP contribution >= 0.6 is 34.9 Å². The molecule has 2 aromatic heterocycles. The van der Waals surface area contributed by atoms with Gasteiger partial charge in [-0.05, 0) is 24.6 Å². The van der Waals surface area contributed by atoms with Gasteiger partial charge in [-0.1, -0.05) is 27.9 Å². The minimum Gasteiger partial charge on any atom is -0.493 e. The van der Waals surface area contributed by atoms with Gasteiger partial charge in [0.1, 0.15) is 10.0 Å². The molecular weight excluding hydrogens is 422 g/mol. The van der Waals surface area contributed by atoms with Gasteiger partial charge in [0.05, 0.1) is 14.2 Å². The lowest BCUT2D eigenvalue weighted by Crippen LogP contribution is -2.05. The third-order valence-corrected chi connectivity index (χ3v) is 5.90. The van der Waals surface area contributed by atoms with Crippen molar-refractivity contribution in [1.29, 1.82) is 0 Å². The van der Waals surface area contributed by atoms with Crippen LogP contribution in [-0.4, -0.2) is 52.3 Å². The molecule has 0 aliphatic carbocycles. The van der Waals surface area contributed by atoms with Gasteiger partial charge in [-0.3, -0.25) is 0 Å². The number of halogens is 1. The van der Waals surface area contributed by atoms with Crippen molar-refractivity contribution >= 4 is 34.9 Å². The summed E-state index contributed by atoms with van der Waals surface area (Å²) in [5.74, 6) is 2.63. The Morgan fingerprint density at radius 2 is 1.93 bits per heavy atom. The Labute approximate surface area is 176 Å². The topological polar surface area (TPSA) is 84.2 Å². The van der Waals surface area contributed by atoms with E-state index in [1.54, 1.807) is 21.3 Å². The Morgan fingerprint density at radius 3 is 2.61 bits per heavy atom. The van der Waals surface area contributed by atoms with Crippen molar-refractivity contribution in [2.24, 2.45) is 0 Å². The van der Waals surface area contributed by atoms with Crippen LogP contribution in [0.2, 0.25) is 4.34 Å². The fraction of sp³-hybridized carbons (Fsp3) is 0.412. The predicted octanol–water partition coefficient (Wildman–Crippen LogP) is 3.80. The first kappa shape index (κ1) is 20.8. The molecule has 0 fully saturated rings. The second kappa shape index (κ2) is 10.1. The number of methoxy groups -OCH3 is 3. The minimum absolute atomic E-state index is 0.573. The molecule has 0 amide bonds. The molecule has 0 saturated carbocycles. The van der Waals surface area contributed by atoms with E-state index in [-0.39, 0.29) is 0 Å². The summed E-state index contributed by atoms with van der Waals surface area (Å²) in [5, 5.41) is 13.6. The van der Waals surface area contributed by atoms with Crippen molar-refractivity contribution in [3.63, 3.8) is 0 Å². The first-order valence-corrected chi connectivity index (χ1v) is 10.6. The molecule has 0 aliphatic heterocycles. The first-order chi connectivity index (χ1) is 13.7. The van der Waals surface area contributed by atoms with E-state index in [1.165, 1.54) is 23.3 Å². The average Bonchev–Trinajstić information content (AvgIpc) is 3.31. The summed E-state index contributed by atoms with van der Waals surface area (Å²) >= 11 is 8.80. The van der Waals surface area contributed by atoms with Crippen molar-refractivity contribution in [2.45, 2.75) is 23.9 Å². The van der Waals surface area contributed by atoms with E-state index in [2.05, 4.69) is 24.4 Å². The Bertz CT molecular complexity index is 918. The Morgan fingerprint density at radius 1 is 1.11 bits per heavy atom. The molecule has 0 atom stereocenters. The molecule has 2 heterocycles. The van der Waals surface area contributed by atoms with Gasteiger partial charge in [0.25, 0.3) is 0 Å². The smallest absolute Gasteiger partial charge is 0.191 e. The Hall–Kier alpha value is -1.88. The fourth-order valence-electron chi connectivity index (χ4n) is 2.57. The van der Waals surface area contributed by atoms with E-state index >= 15 is 0 Å². The van der Waals surface area contributed by atoms with Crippen LogP contribution in [-0.2, 0) is 17.0 Å². The van der Waals surface area contributed by atoms with Crippen LogP contribution in [0, 0.1) is 0 Å². The second-order valence-corrected chi connectivity index (χ2v) is 7.95. The highest BCUT2D eigenvalue weighted by atomic mass is 35.5. The number of ether oxygens (including phenoxy) is 3. The number of benzene rings is 1. The van der Waals surface area contributed by atoms with E-state index in [4.69, 9.17) is 25.8 Å². The van der Waals surface area contributed by atoms with Crippen molar-refractivity contribution in [1.82, 2.24) is 24.4 Å². The summed E-state index contributed by atoms with van der Waals surface area (Å²) in [6.07, 6.45) is 0.835. The lowest BCUT2D eigenvalue weighted by Gasteiger charge is -2.12. The van der Waals surface area contributed by atoms with Gasteiger partial charge < -0.3 is 18.8 Å². The Balaban J connectivity index is 1.89. The van der Waals surface area contributed by atoms with Gasteiger partial charge in [-0.2, -0.15) is 0 Å².